The largest absolute Gasteiger partial charge is 0.507 e. The van der Waals surface area contributed by atoms with E-state index in [1.54, 1.807) is 12.1 Å². The smallest absolute Gasteiger partial charge is 0.251 e. The Morgan fingerprint density at radius 1 is 1.56 bits per heavy atom. The topological polar surface area (TPSA) is 75.3 Å². The minimum absolute atomic E-state index is 0.0432. The number of hydrogen-bond acceptors (Lipinski definition) is 3. The summed E-state index contributed by atoms with van der Waals surface area (Å²) in [6.07, 6.45) is 0. The van der Waals surface area contributed by atoms with Crippen molar-refractivity contribution >= 4 is 21.8 Å². The molecule has 0 aromatic heterocycles. The molecule has 0 saturated carbocycles. The maximum absolute atomic E-state index is 12.1. The fraction of sp³-hybridized carbons (Fsp3) is 0.462. The van der Waals surface area contributed by atoms with Crippen LogP contribution in [0.2, 0.25) is 0 Å². The van der Waals surface area contributed by atoms with Gasteiger partial charge in [0, 0.05) is 12.1 Å². The minimum Gasteiger partial charge on any atom is -0.507 e. The molecule has 18 heavy (non-hydrogen) atoms. The van der Waals surface area contributed by atoms with Gasteiger partial charge in [0.15, 0.2) is 0 Å². The number of phenolic OH excluding ortho intramolecular Hbond substituents is 1. The molecule has 1 aromatic carbocycles. The summed E-state index contributed by atoms with van der Waals surface area (Å²) in [5.74, 6) is 0.0246. The quantitative estimate of drug-likeness (QED) is 0.798. The summed E-state index contributed by atoms with van der Waals surface area (Å²) in [7, 11) is 0. The SMILES string of the molecule is CC(C)C(C)(CN)NC(=O)c1ccc(Br)c(O)c1. The zero-order valence-electron chi connectivity index (χ0n) is 10.8. The van der Waals surface area contributed by atoms with Gasteiger partial charge in [0.25, 0.3) is 5.91 Å². The zero-order chi connectivity index (χ0) is 13.9. The van der Waals surface area contributed by atoms with E-state index in [1.165, 1.54) is 6.07 Å². The number of aromatic hydroxyl groups is 1. The van der Waals surface area contributed by atoms with E-state index in [1.807, 2.05) is 20.8 Å². The third-order valence-corrected chi connectivity index (χ3v) is 3.98. The Labute approximate surface area is 116 Å². The highest BCUT2D eigenvalue weighted by Crippen LogP contribution is 2.25. The maximum atomic E-state index is 12.1. The van der Waals surface area contributed by atoms with E-state index in [0.29, 0.717) is 16.6 Å². The highest BCUT2D eigenvalue weighted by atomic mass is 79.9. The average Bonchev–Trinajstić information content (AvgIpc) is 2.32. The normalized spacial score (nSPS) is 14.3. The molecule has 1 aromatic rings. The molecule has 0 aliphatic heterocycles. The number of halogens is 1. The molecule has 0 aliphatic carbocycles. The molecule has 4 N–H and O–H groups in total. The van der Waals surface area contributed by atoms with Crippen LogP contribution in [-0.4, -0.2) is 23.1 Å². The van der Waals surface area contributed by atoms with Gasteiger partial charge >= 0.3 is 0 Å². The summed E-state index contributed by atoms with van der Waals surface area (Å²) < 4.78 is 0.560. The molecule has 1 atom stereocenters. The Hall–Kier alpha value is -1.07. The molecular formula is C13H19BrN2O2. The van der Waals surface area contributed by atoms with E-state index in [0.717, 1.165) is 0 Å². The summed E-state index contributed by atoms with van der Waals surface area (Å²) in [4.78, 5) is 12.1. The van der Waals surface area contributed by atoms with Crippen molar-refractivity contribution in [1.29, 1.82) is 0 Å². The third-order valence-electron chi connectivity index (χ3n) is 3.31. The number of carbonyl (C=O) groups is 1. The number of amides is 1. The summed E-state index contributed by atoms with van der Waals surface area (Å²) in [5.41, 5.74) is 5.67. The van der Waals surface area contributed by atoms with Gasteiger partial charge in [-0.1, -0.05) is 13.8 Å². The molecule has 1 unspecified atom stereocenters. The highest BCUT2D eigenvalue weighted by Gasteiger charge is 2.28. The molecule has 0 bridgehead atoms. The fourth-order valence-electron chi connectivity index (χ4n) is 1.42. The number of phenols is 1. The Morgan fingerprint density at radius 3 is 2.61 bits per heavy atom. The molecule has 0 saturated heterocycles. The lowest BCUT2D eigenvalue weighted by atomic mass is 9.88. The molecule has 0 aliphatic rings. The number of benzene rings is 1. The molecule has 0 radical (unpaired) electrons. The lowest BCUT2D eigenvalue weighted by Gasteiger charge is -2.33. The second kappa shape index (κ2) is 5.71. The first-order chi connectivity index (χ1) is 8.30. The fourth-order valence-corrected chi connectivity index (χ4v) is 1.66. The monoisotopic (exact) mass is 314 g/mol. The van der Waals surface area contributed by atoms with Crippen molar-refractivity contribution in [2.24, 2.45) is 11.7 Å². The van der Waals surface area contributed by atoms with Gasteiger partial charge in [-0.25, -0.2) is 0 Å². The third kappa shape index (κ3) is 3.23. The number of hydrogen-bond donors (Lipinski definition) is 3. The van der Waals surface area contributed by atoms with Gasteiger partial charge in [-0.3, -0.25) is 4.79 Å². The lowest BCUT2D eigenvalue weighted by molar-refractivity contribution is 0.0883. The Morgan fingerprint density at radius 2 is 2.17 bits per heavy atom. The van der Waals surface area contributed by atoms with Crippen LogP contribution >= 0.6 is 15.9 Å². The van der Waals surface area contributed by atoms with Crippen LogP contribution in [0.25, 0.3) is 0 Å². The molecular weight excluding hydrogens is 296 g/mol. The van der Waals surface area contributed by atoms with Crippen molar-refractivity contribution in [2.75, 3.05) is 6.54 Å². The standard InChI is InChI=1S/C13H19BrN2O2/c1-8(2)13(3,7-15)16-12(18)9-4-5-10(14)11(17)6-9/h4-6,8,17H,7,15H2,1-3H3,(H,16,18). The summed E-state index contributed by atoms with van der Waals surface area (Å²) in [6.45, 7) is 6.28. The van der Waals surface area contributed by atoms with Crippen molar-refractivity contribution in [3.63, 3.8) is 0 Å². The van der Waals surface area contributed by atoms with Crippen molar-refractivity contribution in [1.82, 2.24) is 5.32 Å². The van der Waals surface area contributed by atoms with Crippen LogP contribution in [0.3, 0.4) is 0 Å². The van der Waals surface area contributed by atoms with Gasteiger partial charge in [-0.2, -0.15) is 0 Å². The summed E-state index contributed by atoms with van der Waals surface area (Å²) in [5, 5.41) is 12.5. The van der Waals surface area contributed by atoms with E-state index in [-0.39, 0.29) is 17.6 Å². The van der Waals surface area contributed by atoms with E-state index in [2.05, 4.69) is 21.2 Å². The van der Waals surface area contributed by atoms with E-state index >= 15 is 0 Å². The summed E-state index contributed by atoms with van der Waals surface area (Å²) in [6, 6.07) is 4.71. The molecule has 0 spiro atoms. The van der Waals surface area contributed by atoms with Gasteiger partial charge in [0.1, 0.15) is 5.75 Å². The zero-order valence-corrected chi connectivity index (χ0v) is 12.4. The van der Waals surface area contributed by atoms with Gasteiger partial charge in [-0.15, -0.1) is 0 Å². The van der Waals surface area contributed by atoms with Crippen molar-refractivity contribution in [3.05, 3.63) is 28.2 Å². The average molecular weight is 315 g/mol. The van der Waals surface area contributed by atoms with E-state index < -0.39 is 5.54 Å². The lowest BCUT2D eigenvalue weighted by Crippen LogP contribution is -2.55. The van der Waals surface area contributed by atoms with Crippen molar-refractivity contribution in [3.8, 4) is 5.75 Å². The summed E-state index contributed by atoms with van der Waals surface area (Å²) >= 11 is 3.18. The maximum Gasteiger partial charge on any atom is 0.251 e. The van der Waals surface area contributed by atoms with Gasteiger partial charge < -0.3 is 16.2 Å². The molecule has 0 fully saturated rings. The molecule has 0 heterocycles. The number of carbonyl (C=O) groups excluding carboxylic acids is 1. The van der Waals surface area contributed by atoms with Crippen LogP contribution in [-0.2, 0) is 0 Å². The predicted molar refractivity (Wildman–Crippen MR) is 75.6 cm³/mol. The van der Waals surface area contributed by atoms with E-state index in [4.69, 9.17) is 5.73 Å². The Balaban J connectivity index is 2.91. The Bertz CT molecular complexity index is 449. The van der Waals surface area contributed by atoms with Crippen LogP contribution in [0.5, 0.6) is 5.75 Å². The second-order valence-electron chi connectivity index (χ2n) is 4.90. The molecule has 4 nitrogen and oxygen atoms in total. The van der Waals surface area contributed by atoms with Crippen LogP contribution in [0.4, 0.5) is 0 Å². The van der Waals surface area contributed by atoms with Crippen LogP contribution in [0.1, 0.15) is 31.1 Å². The predicted octanol–water partition coefficient (Wildman–Crippen LogP) is 2.26. The molecule has 1 amide bonds. The molecule has 100 valence electrons. The first kappa shape index (κ1) is 15.0. The first-order valence-electron chi connectivity index (χ1n) is 5.81. The van der Waals surface area contributed by atoms with Gasteiger partial charge in [0.2, 0.25) is 0 Å². The van der Waals surface area contributed by atoms with Crippen molar-refractivity contribution in [2.45, 2.75) is 26.3 Å². The number of nitrogens with one attached hydrogen (secondary N) is 1. The van der Waals surface area contributed by atoms with Crippen LogP contribution in [0.15, 0.2) is 22.7 Å². The van der Waals surface area contributed by atoms with E-state index in [9.17, 15) is 9.90 Å². The highest BCUT2D eigenvalue weighted by molar-refractivity contribution is 9.10. The molecule has 5 heteroatoms. The Kier molecular flexibility index (Phi) is 4.76. The van der Waals surface area contributed by atoms with Crippen LogP contribution < -0.4 is 11.1 Å². The minimum atomic E-state index is -0.459. The van der Waals surface area contributed by atoms with Crippen molar-refractivity contribution < 1.29 is 9.90 Å². The number of nitrogens with two attached hydrogens (primary N) is 1. The van der Waals surface area contributed by atoms with Crippen LogP contribution in [0, 0.1) is 5.92 Å². The number of rotatable bonds is 4. The first-order valence-corrected chi connectivity index (χ1v) is 6.60. The molecule has 1 rings (SSSR count). The van der Waals surface area contributed by atoms with Gasteiger partial charge in [0.05, 0.1) is 10.0 Å². The second-order valence-corrected chi connectivity index (χ2v) is 5.75. The van der Waals surface area contributed by atoms with Gasteiger partial charge in [-0.05, 0) is 47.0 Å².